The summed E-state index contributed by atoms with van der Waals surface area (Å²) < 4.78 is 0. The minimum absolute atomic E-state index is 0.706. The van der Waals surface area contributed by atoms with E-state index in [9.17, 15) is 4.79 Å². The Labute approximate surface area is 112 Å². The molecule has 4 heteroatoms. The Morgan fingerprint density at radius 3 is 2.72 bits per heavy atom. The number of hydrogen-bond donors (Lipinski definition) is 1. The van der Waals surface area contributed by atoms with E-state index in [-0.39, 0.29) is 0 Å². The Morgan fingerprint density at radius 2 is 2.11 bits per heavy atom. The Morgan fingerprint density at radius 1 is 1.39 bits per heavy atom. The van der Waals surface area contributed by atoms with E-state index >= 15 is 0 Å². The van der Waals surface area contributed by atoms with Crippen molar-refractivity contribution in [2.75, 3.05) is 23.3 Å². The molecule has 0 aliphatic carbocycles. The molecule has 0 fully saturated rings. The number of hydrogen-bond acceptors (Lipinski definition) is 3. The minimum atomic E-state index is -1.12. The number of anilines is 2. The van der Waals surface area contributed by atoms with Crippen LogP contribution in [0.4, 0.5) is 11.4 Å². The van der Waals surface area contributed by atoms with Crippen LogP contribution in [-0.4, -0.2) is 24.4 Å². The zero-order valence-corrected chi connectivity index (χ0v) is 11.4. The summed E-state index contributed by atoms with van der Waals surface area (Å²) in [6.07, 6.45) is 4.25. The molecule has 1 aliphatic heterocycles. The van der Waals surface area contributed by atoms with Crippen LogP contribution in [0.5, 0.6) is 0 Å². The van der Waals surface area contributed by atoms with Gasteiger partial charge in [-0.15, -0.1) is 0 Å². The summed E-state index contributed by atoms with van der Waals surface area (Å²) in [6, 6.07) is 6.15. The molecule has 1 N–H and O–H groups in total. The number of carbonyl (C=O) groups excluding carboxylic acids is 1. The van der Waals surface area contributed by atoms with Crippen molar-refractivity contribution in [3.05, 3.63) is 29.8 Å². The Kier molecular flexibility index (Phi) is 3.62. The molecule has 1 aromatic carbocycles. The molecule has 0 bridgehead atoms. The summed E-state index contributed by atoms with van der Waals surface area (Å²) in [5.74, 6) is 0. The molecule has 18 heavy (non-hydrogen) atoms. The maximum absolute atomic E-state index is 11.0. The topological polar surface area (TPSA) is 32.3 Å². The third kappa shape index (κ3) is 2.36. The van der Waals surface area contributed by atoms with Crippen molar-refractivity contribution in [1.82, 2.24) is 0 Å². The summed E-state index contributed by atoms with van der Waals surface area (Å²) in [4.78, 5) is 12.1. The number of halogens is 1. The predicted octanol–water partition coefficient (Wildman–Crippen LogP) is 3.11. The number of carbonyl (C=O) groups is 1. The Balaban J connectivity index is 2.36. The van der Waals surface area contributed by atoms with Crippen LogP contribution < -0.4 is 10.2 Å². The Hall–Kier alpha value is -1.48. The SMILES string of the molecule is CCN(CC)c1ccc2c(c1)NC(Cl)(C=O)C=C2. The van der Waals surface area contributed by atoms with E-state index in [1.165, 1.54) is 0 Å². The first-order valence-electron chi connectivity index (χ1n) is 6.13. The molecule has 2 rings (SSSR count). The van der Waals surface area contributed by atoms with Gasteiger partial charge in [0.15, 0.2) is 11.3 Å². The van der Waals surface area contributed by atoms with Gasteiger partial charge < -0.3 is 10.2 Å². The molecule has 3 nitrogen and oxygen atoms in total. The van der Waals surface area contributed by atoms with Crippen LogP contribution in [-0.2, 0) is 4.79 Å². The van der Waals surface area contributed by atoms with Crippen molar-refractivity contribution in [1.29, 1.82) is 0 Å². The van der Waals surface area contributed by atoms with Gasteiger partial charge in [-0.05, 0) is 37.6 Å². The van der Waals surface area contributed by atoms with Gasteiger partial charge in [-0.25, -0.2) is 0 Å². The highest BCUT2D eigenvalue weighted by molar-refractivity contribution is 6.35. The summed E-state index contributed by atoms with van der Waals surface area (Å²) in [5.41, 5.74) is 3.07. The number of fused-ring (bicyclic) bond motifs is 1. The molecular formula is C14H17ClN2O. The number of aldehydes is 1. The molecule has 0 spiro atoms. The zero-order chi connectivity index (χ0) is 13.2. The monoisotopic (exact) mass is 264 g/mol. The average molecular weight is 265 g/mol. The van der Waals surface area contributed by atoms with Gasteiger partial charge >= 0.3 is 0 Å². The van der Waals surface area contributed by atoms with E-state index < -0.39 is 5.00 Å². The van der Waals surface area contributed by atoms with Crippen molar-refractivity contribution < 1.29 is 4.79 Å². The normalized spacial score (nSPS) is 21.1. The molecule has 1 unspecified atom stereocenters. The summed E-state index contributed by atoms with van der Waals surface area (Å²) in [6.45, 7) is 6.14. The van der Waals surface area contributed by atoms with Crippen LogP contribution in [0, 0.1) is 0 Å². The van der Waals surface area contributed by atoms with Crippen LogP contribution >= 0.6 is 11.6 Å². The highest BCUT2D eigenvalue weighted by atomic mass is 35.5. The lowest BCUT2D eigenvalue weighted by atomic mass is 10.0. The second kappa shape index (κ2) is 5.02. The lowest BCUT2D eigenvalue weighted by Crippen LogP contribution is -2.33. The number of nitrogens with zero attached hydrogens (tertiary/aromatic N) is 1. The maximum atomic E-state index is 11.0. The number of nitrogens with one attached hydrogen (secondary N) is 1. The molecule has 1 heterocycles. The lowest BCUT2D eigenvalue weighted by Gasteiger charge is -2.28. The predicted molar refractivity (Wildman–Crippen MR) is 77.3 cm³/mol. The van der Waals surface area contributed by atoms with Gasteiger partial charge in [0.2, 0.25) is 0 Å². The third-order valence-electron chi connectivity index (χ3n) is 3.17. The van der Waals surface area contributed by atoms with E-state index in [2.05, 4.69) is 30.1 Å². The lowest BCUT2D eigenvalue weighted by molar-refractivity contribution is -0.108. The number of alkyl halides is 1. The average Bonchev–Trinajstić information content (AvgIpc) is 2.40. The van der Waals surface area contributed by atoms with Crippen LogP contribution in [0.25, 0.3) is 6.08 Å². The van der Waals surface area contributed by atoms with Gasteiger partial charge in [-0.2, -0.15) is 0 Å². The first kappa shape index (κ1) is 13.0. The standard InChI is InChI=1S/C14H17ClN2O/c1-3-17(4-2)12-6-5-11-7-8-14(15,10-18)16-13(11)9-12/h5-10,16H,3-4H2,1-2H3. The van der Waals surface area contributed by atoms with Crippen molar-refractivity contribution in [3.63, 3.8) is 0 Å². The van der Waals surface area contributed by atoms with Crippen LogP contribution in [0.3, 0.4) is 0 Å². The van der Waals surface area contributed by atoms with E-state index in [0.717, 1.165) is 30.0 Å². The van der Waals surface area contributed by atoms with Gasteiger partial charge in [0.05, 0.1) is 0 Å². The highest BCUT2D eigenvalue weighted by Crippen LogP contribution is 2.32. The Bertz CT molecular complexity index is 483. The molecule has 96 valence electrons. The minimum Gasteiger partial charge on any atom is -0.372 e. The molecular weight excluding hydrogens is 248 g/mol. The molecule has 0 aromatic heterocycles. The van der Waals surface area contributed by atoms with Gasteiger partial charge in [0, 0.05) is 24.5 Å². The molecule has 1 atom stereocenters. The fourth-order valence-electron chi connectivity index (χ4n) is 2.11. The number of benzene rings is 1. The van der Waals surface area contributed by atoms with Crippen LogP contribution in [0.15, 0.2) is 24.3 Å². The van der Waals surface area contributed by atoms with E-state index in [4.69, 9.17) is 11.6 Å². The van der Waals surface area contributed by atoms with Crippen molar-refractivity contribution in [2.45, 2.75) is 18.8 Å². The fraction of sp³-hybridized carbons (Fsp3) is 0.357. The molecule has 0 saturated heterocycles. The third-order valence-corrected chi connectivity index (χ3v) is 3.48. The van der Waals surface area contributed by atoms with E-state index in [0.29, 0.717) is 6.29 Å². The van der Waals surface area contributed by atoms with Crippen LogP contribution in [0.1, 0.15) is 19.4 Å². The fourth-order valence-corrected chi connectivity index (χ4v) is 2.28. The van der Waals surface area contributed by atoms with Gasteiger partial charge in [0.1, 0.15) is 0 Å². The highest BCUT2D eigenvalue weighted by Gasteiger charge is 2.26. The molecule has 0 saturated carbocycles. The second-order valence-corrected chi connectivity index (χ2v) is 4.91. The zero-order valence-electron chi connectivity index (χ0n) is 10.6. The summed E-state index contributed by atoms with van der Waals surface area (Å²) in [7, 11) is 0. The first-order valence-corrected chi connectivity index (χ1v) is 6.51. The molecule has 1 aromatic rings. The smallest absolute Gasteiger partial charge is 0.187 e. The largest absolute Gasteiger partial charge is 0.372 e. The second-order valence-electron chi connectivity index (χ2n) is 4.29. The van der Waals surface area contributed by atoms with Crippen molar-refractivity contribution in [2.24, 2.45) is 0 Å². The van der Waals surface area contributed by atoms with Crippen molar-refractivity contribution in [3.8, 4) is 0 Å². The van der Waals surface area contributed by atoms with Gasteiger partial charge in [-0.1, -0.05) is 23.7 Å². The number of rotatable bonds is 4. The van der Waals surface area contributed by atoms with Gasteiger partial charge in [0.25, 0.3) is 0 Å². The quantitative estimate of drug-likeness (QED) is 0.515. The summed E-state index contributed by atoms with van der Waals surface area (Å²) in [5, 5.41) is 3.05. The van der Waals surface area contributed by atoms with E-state index in [1.54, 1.807) is 6.08 Å². The summed E-state index contributed by atoms with van der Waals surface area (Å²) >= 11 is 6.11. The van der Waals surface area contributed by atoms with E-state index in [1.807, 2.05) is 18.2 Å². The molecule has 0 amide bonds. The maximum Gasteiger partial charge on any atom is 0.187 e. The van der Waals surface area contributed by atoms with Crippen LogP contribution in [0.2, 0.25) is 0 Å². The molecule has 1 aliphatic rings. The van der Waals surface area contributed by atoms with Gasteiger partial charge in [-0.3, -0.25) is 4.79 Å². The first-order chi connectivity index (χ1) is 8.61. The van der Waals surface area contributed by atoms with Crippen molar-refractivity contribution >= 4 is 35.3 Å². The molecule has 0 radical (unpaired) electrons.